The van der Waals surface area contributed by atoms with Gasteiger partial charge in [-0.15, -0.1) is 0 Å². The molecule has 2 aliphatic rings. The van der Waals surface area contributed by atoms with Gasteiger partial charge in [0.1, 0.15) is 6.17 Å². The van der Waals surface area contributed by atoms with E-state index in [4.69, 9.17) is 0 Å². The number of aromatic nitrogens is 2. The number of rotatable bonds is 1. The molecule has 1 aromatic heterocycles. The zero-order valence-electron chi connectivity index (χ0n) is 7.68. The second kappa shape index (κ2) is 2.34. The predicted octanol–water partition coefficient (Wildman–Crippen LogP) is 2.49. The molecule has 3 rings (SSSR count). The molecule has 3 heteroatoms. The van der Waals surface area contributed by atoms with Gasteiger partial charge in [0.05, 0.1) is 5.69 Å². The lowest BCUT2D eigenvalue weighted by atomic mass is 9.95. The van der Waals surface area contributed by atoms with Gasteiger partial charge in [-0.2, -0.15) is 5.10 Å². The van der Waals surface area contributed by atoms with Crippen molar-refractivity contribution in [2.45, 2.75) is 38.3 Å². The number of aromatic amines is 1. The van der Waals surface area contributed by atoms with Crippen LogP contribution in [0.2, 0.25) is 0 Å². The molecule has 0 bridgehead atoms. The van der Waals surface area contributed by atoms with E-state index in [1.807, 2.05) is 0 Å². The molecule has 2 aliphatic carbocycles. The van der Waals surface area contributed by atoms with Crippen LogP contribution in [0.4, 0.5) is 4.39 Å². The van der Waals surface area contributed by atoms with Crippen LogP contribution in [0.1, 0.15) is 48.8 Å². The lowest BCUT2D eigenvalue weighted by Gasteiger charge is -2.10. The number of hydrogen-bond donors (Lipinski definition) is 1. The van der Waals surface area contributed by atoms with E-state index in [1.54, 1.807) is 6.92 Å². The normalized spacial score (nSPS) is 32.2. The quantitative estimate of drug-likeness (QED) is 0.706. The van der Waals surface area contributed by atoms with E-state index in [0.29, 0.717) is 11.6 Å². The fourth-order valence-electron chi connectivity index (χ4n) is 2.54. The molecule has 0 radical (unpaired) electrons. The first-order chi connectivity index (χ1) is 6.27. The van der Waals surface area contributed by atoms with Crippen LogP contribution in [0.25, 0.3) is 0 Å². The number of fused-ring (bicyclic) bond motifs is 3. The molecule has 0 saturated heterocycles. The molecule has 2 nitrogen and oxygen atoms in total. The molecule has 0 aliphatic heterocycles. The molecule has 0 aromatic carbocycles. The third-order valence-corrected chi connectivity index (χ3v) is 3.37. The summed E-state index contributed by atoms with van der Waals surface area (Å²) in [7, 11) is 0. The van der Waals surface area contributed by atoms with Gasteiger partial charge in [0.15, 0.2) is 0 Å². The summed E-state index contributed by atoms with van der Waals surface area (Å²) in [6, 6.07) is 0. The van der Waals surface area contributed by atoms with Crippen LogP contribution >= 0.6 is 0 Å². The van der Waals surface area contributed by atoms with E-state index >= 15 is 0 Å². The number of nitrogens with zero attached hydrogens (tertiary/aromatic N) is 1. The van der Waals surface area contributed by atoms with Crippen molar-refractivity contribution < 1.29 is 4.39 Å². The van der Waals surface area contributed by atoms with Crippen LogP contribution in [0, 0.1) is 5.92 Å². The number of H-pyrrole nitrogens is 1. The Morgan fingerprint density at radius 1 is 1.62 bits per heavy atom. The third-order valence-electron chi connectivity index (χ3n) is 3.37. The molecule has 13 heavy (non-hydrogen) atoms. The Morgan fingerprint density at radius 2 is 2.46 bits per heavy atom. The molecule has 1 N–H and O–H groups in total. The Morgan fingerprint density at radius 3 is 3.23 bits per heavy atom. The van der Waals surface area contributed by atoms with Crippen molar-refractivity contribution in [3.05, 3.63) is 17.0 Å². The molecule has 1 aromatic rings. The fourth-order valence-corrected chi connectivity index (χ4v) is 2.54. The topological polar surface area (TPSA) is 28.7 Å². The maximum atomic E-state index is 13.1. The Hall–Kier alpha value is -0.860. The lowest BCUT2D eigenvalue weighted by molar-refractivity contribution is 0.362. The average Bonchev–Trinajstić information content (AvgIpc) is 2.76. The van der Waals surface area contributed by atoms with Crippen molar-refractivity contribution in [3.8, 4) is 0 Å². The summed E-state index contributed by atoms with van der Waals surface area (Å²) in [5.74, 6) is 1.56. The van der Waals surface area contributed by atoms with E-state index < -0.39 is 6.17 Å². The lowest BCUT2D eigenvalue weighted by Crippen LogP contribution is -2.02. The van der Waals surface area contributed by atoms with Crippen molar-refractivity contribution in [2.24, 2.45) is 5.92 Å². The molecule has 1 fully saturated rings. The molecular formula is C10H13FN2. The van der Waals surface area contributed by atoms with E-state index in [0.717, 1.165) is 12.3 Å². The highest BCUT2D eigenvalue weighted by molar-refractivity contribution is 5.36. The van der Waals surface area contributed by atoms with Gasteiger partial charge in [0.2, 0.25) is 0 Å². The molecule has 0 amide bonds. The number of nitrogens with one attached hydrogen (secondary N) is 1. The summed E-state index contributed by atoms with van der Waals surface area (Å²) in [5, 5.41) is 7.08. The second-order valence-electron chi connectivity index (χ2n) is 4.26. The van der Waals surface area contributed by atoms with Gasteiger partial charge in [0, 0.05) is 11.6 Å². The number of halogens is 1. The molecule has 70 valence electrons. The molecule has 3 unspecified atom stereocenters. The SMILES string of the molecule is CC(F)c1n[nH]c2c1CCC1CC21. The molecular weight excluding hydrogens is 167 g/mol. The van der Waals surface area contributed by atoms with E-state index in [9.17, 15) is 4.39 Å². The first kappa shape index (κ1) is 7.54. The highest BCUT2D eigenvalue weighted by Gasteiger charge is 2.44. The molecule has 3 atom stereocenters. The van der Waals surface area contributed by atoms with Gasteiger partial charge in [-0.25, -0.2) is 4.39 Å². The Bertz CT molecular complexity index is 329. The van der Waals surface area contributed by atoms with Gasteiger partial charge in [-0.1, -0.05) is 0 Å². The van der Waals surface area contributed by atoms with Crippen LogP contribution in [-0.2, 0) is 6.42 Å². The average molecular weight is 180 g/mol. The minimum atomic E-state index is -0.921. The molecule has 1 saturated carbocycles. The second-order valence-corrected chi connectivity index (χ2v) is 4.26. The Balaban J connectivity index is 2.06. The summed E-state index contributed by atoms with van der Waals surface area (Å²) in [6.07, 6.45) is 2.62. The summed E-state index contributed by atoms with van der Waals surface area (Å²) in [6.45, 7) is 1.56. The monoisotopic (exact) mass is 180 g/mol. The highest BCUT2D eigenvalue weighted by Crippen LogP contribution is 2.54. The highest BCUT2D eigenvalue weighted by atomic mass is 19.1. The van der Waals surface area contributed by atoms with Gasteiger partial charge >= 0.3 is 0 Å². The van der Waals surface area contributed by atoms with E-state index in [2.05, 4.69) is 10.2 Å². The van der Waals surface area contributed by atoms with Crippen molar-refractivity contribution in [1.29, 1.82) is 0 Å². The third kappa shape index (κ3) is 0.960. The fraction of sp³-hybridized carbons (Fsp3) is 0.700. The zero-order chi connectivity index (χ0) is 9.00. The van der Waals surface area contributed by atoms with Gasteiger partial charge in [-0.3, -0.25) is 5.10 Å². The summed E-state index contributed by atoms with van der Waals surface area (Å²) in [4.78, 5) is 0. The van der Waals surface area contributed by atoms with E-state index in [1.165, 1.54) is 24.1 Å². The van der Waals surface area contributed by atoms with Crippen molar-refractivity contribution in [1.82, 2.24) is 10.2 Å². The van der Waals surface area contributed by atoms with Gasteiger partial charge in [-0.05, 0) is 37.7 Å². The van der Waals surface area contributed by atoms with Gasteiger partial charge < -0.3 is 0 Å². The predicted molar refractivity (Wildman–Crippen MR) is 47.3 cm³/mol. The Kier molecular flexibility index (Phi) is 1.35. The summed E-state index contributed by atoms with van der Waals surface area (Å²) in [5.41, 5.74) is 3.06. The number of hydrogen-bond acceptors (Lipinski definition) is 1. The number of alkyl halides is 1. The van der Waals surface area contributed by atoms with Crippen LogP contribution in [0.3, 0.4) is 0 Å². The van der Waals surface area contributed by atoms with Crippen LogP contribution in [-0.4, -0.2) is 10.2 Å². The van der Waals surface area contributed by atoms with Gasteiger partial charge in [0.25, 0.3) is 0 Å². The summed E-state index contributed by atoms with van der Waals surface area (Å²) >= 11 is 0. The smallest absolute Gasteiger partial charge is 0.141 e. The zero-order valence-corrected chi connectivity index (χ0v) is 7.68. The first-order valence-corrected chi connectivity index (χ1v) is 4.98. The first-order valence-electron chi connectivity index (χ1n) is 4.98. The van der Waals surface area contributed by atoms with E-state index in [-0.39, 0.29) is 0 Å². The standard InChI is InChI=1S/C10H13FN2/c1-5(11)9-7-3-2-6-4-8(6)10(7)13-12-9/h5-6,8H,2-4H2,1H3,(H,12,13). The summed E-state index contributed by atoms with van der Waals surface area (Å²) < 4.78 is 13.1. The van der Waals surface area contributed by atoms with Crippen LogP contribution in [0.15, 0.2) is 0 Å². The van der Waals surface area contributed by atoms with Crippen LogP contribution < -0.4 is 0 Å². The van der Waals surface area contributed by atoms with Crippen LogP contribution in [0.5, 0.6) is 0 Å². The Labute approximate surface area is 76.5 Å². The van der Waals surface area contributed by atoms with Crippen molar-refractivity contribution in [2.75, 3.05) is 0 Å². The minimum absolute atomic E-state index is 0.653. The largest absolute Gasteiger partial charge is 0.282 e. The van der Waals surface area contributed by atoms with Crippen molar-refractivity contribution in [3.63, 3.8) is 0 Å². The maximum Gasteiger partial charge on any atom is 0.141 e. The maximum absolute atomic E-state index is 13.1. The molecule has 0 spiro atoms. The van der Waals surface area contributed by atoms with Crippen molar-refractivity contribution >= 4 is 0 Å². The minimum Gasteiger partial charge on any atom is -0.282 e. The molecule has 1 heterocycles.